The SMILES string of the molecule is NC(=O)c1cc(C(F)(F)F)ccc1C1=NCC=C(N)c2cnccc21. The van der Waals surface area contributed by atoms with Crippen LogP contribution in [0.2, 0.25) is 0 Å². The molecule has 25 heavy (non-hydrogen) atoms. The van der Waals surface area contributed by atoms with Gasteiger partial charge < -0.3 is 11.5 Å². The van der Waals surface area contributed by atoms with E-state index in [4.69, 9.17) is 11.5 Å². The maximum Gasteiger partial charge on any atom is 0.416 e. The normalized spacial score (nSPS) is 14.2. The summed E-state index contributed by atoms with van der Waals surface area (Å²) in [4.78, 5) is 20.1. The fourth-order valence-corrected chi connectivity index (χ4v) is 2.62. The molecule has 0 saturated heterocycles. The Labute approximate surface area is 140 Å². The van der Waals surface area contributed by atoms with Crippen molar-refractivity contribution in [1.29, 1.82) is 0 Å². The zero-order chi connectivity index (χ0) is 18.2. The minimum absolute atomic E-state index is 0.217. The summed E-state index contributed by atoms with van der Waals surface area (Å²) in [5.74, 6) is -0.968. The highest BCUT2D eigenvalue weighted by Crippen LogP contribution is 2.32. The molecule has 0 unspecified atom stereocenters. The van der Waals surface area contributed by atoms with Gasteiger partial charge in [-0.1, -0.05) is 6.07 Å². The van der Waals surface area contributed by atoms with Crippen LogP contribution in [0.4, 0.5) is 13.2 Å². The van der Waals surface area contributed by atoms with Crippen molar-refractivity contribution in [2.75, 3.05) is 6.54 Å². The third-order valence-electron chi connectivity index (χ3n) is 3.82. The van der Waals surface area contributed by atoms with Crippen LogP contribution in [0.5, 0.6) is 0 Å². The molecule has 1 aromatic heterocycles. The van der Waals surface area contributed by atoms with E-state index in [9.17, 15) is 18.0 Å². The smallest absolute Gasteiger partial charge is 0.398 e. The van der Waals surface area contributed by atoms with Gasteiger partial charge in [0.15, 0.2) is 0 Å². The first kappa shape index (κ1) is 16.7. The molecule has 4 N–H and O–H groups in total. The number of carbonyl (C=O) groups is 1. The van der Waals surface area contributed by atoms with E-state index in [-0.39, 0.29) is 17.7 Å². The number of nitrogens with two attached hydrogens (primary N) is 2. The van der Waals surface area contributed by atoms with Gasteiger partial charge in [0.2, 0.25) is 5.91 Å². The number of aliphatic imine (C=N–C) groups is 1. The first-order chi connectivity index (χ1) is 11.8. The van der Waals surface area contributed by atoms with Gasteiger partial charge in [-0.25, -0.2) is 0 Å². The van der Waals surface area contributed by atoms with Gasteiger partial charge in [-0.05, 0) is 24.3 Å². The summed E-state index contributed by atoms with van der Waals surface area (Å²) >= 11 is 0. The molecule has 1 aliphatic heterocycles. The average molecular weight is 346 g/mol. The van der Waals surface area contributed by atoms with Crippen LogP contribution in [0.1, 0.15) is 32.6 Å². The summed E-state index contributed by atoms with van der Waals surface area (Å²) in [7, 11) is 0. The summed E-state index contributed by atoms with van der Waals surface area (Å²) in [5, 5.41) is 0. The molecular weight excluding hydrogens is 333 g/mol. The molecule has 0 aliphatic carbocycles. The number of primary amides is 1. The van der Waals surface area contributed by atoms with Crippen molar-refractivity contribution in [2.45, 2.75) is 6.18 Å². The summed E-state index contributed by atoms with van der Waals surface area (Å²) in [6, 6.07) is 4.48. The number of hydrogen-bond donors (Lipinski definition) is 2. The number of rotatable bonds is 2. The van der Waals surface area contributed by atoms with E-state index in [2.05, 4.69) is 9.98 Å². The lowest BCUT2D eigenvalue weighted by Gasteiger charge is -2.15. The Balaban J connectivity index is 2.22. The van der Waals surface area contributed by atoms with Gasteiger partial charge in [-0.2, -0.15) is 13.2 Å². The van der Waals surface area contributed by atoms with Crippen LogP contribution in [0, 0.1) is 0 Å². The lowest BCUT2D eigenvalue weighted by Crippen LogP contribution is -2.20. The van der Waals surface area contributed by atoms with Crippen molar-refractivity contribution in [3.63, 3.8) is 0 Å². The molecular formula is C17H13F3N4O. The molecule has 2 heterocycles. The van der Waals surface area contributed by atoms with Gasteiger partial charge in [0.05, 0.1) is 17.8 Å². The van der Waals surface area contributed by atoms with Gasteiger partial charge in [0.25, 0.3) is 0 Å². The van der Waals surface area contributed by atoms with Gasteiger partial charge in [-0.3, -0.25) is 14.8 Å². The molecule has 2 aromatic rings. The number of aromatic nitrogens is 1. The number of carbonyl (C=O) groups excluding carboxylic acids is 1. The molecule has 0 fully saturated rings. The number of benzene rings is 1. The van der Waals surface area contributed by atoms with Gasteiger partial charge in [-0.15, -0.1) is 0 Å². The Morgan fingerprint density at radius 3 is 2.56 bits per heavy atom. The lowest BCUT2D eigenvalue weighted by atomic mass is 9.93. The zero-order valence-corrected chi connectivity index (χ0v) is 12.8. The first-order valence-electron chi connectivity index (χ1n) is 7.25. The number of pyridine rings is 1. The Morgan fingerprint density at radius 1 is 1.12 bits per heavy atom. The minimum atomic E-state index is -4.58. The molecule has 8 heteroatoms. The second kappa shape index (κ2) is 6.04. The summed E-state index contributed by atoms with van der Waals surface area (Å²) in [6.45, 7) is 0.217. The van der Waals surface area contributed by atoms with Crippen LogP contribution in [0.15, 0.2) is 47.7 Å². The Hall–Kier alpha value is -3.16. The number of fused-ring (bicyclic) bond motifs is 1. The predicted octanol–water partition coefficient (Wildman–Crippen LogP) is 2.35. The second-order valence-corrected chi connectivity index (χ2v) is 5.39. The average Bonchev–Trinajstić information content (AvgIpc) is 2.73. The molecule has 3 rings (SSSR count). The van der Waals surface area contributed by atoms with E-state index in [1.807, 2.05) is 0 Å². The van der Waals surface area contributed by atoms with Crippen LogP contribution in [-0.2, 0) is 6.18 Å². The molecule has 0 spiro atoms. The Kier molecular flexibility index (Phi) is 4.03. The van der Waals surface area contributed by atoms with Gasteiger partial charge in [0, 0.05) is 40.3 Å². The second-order valence-electron chi connectivity index (χ2n) is 5.39. The van der Waals surface area contributed by atoms with Crippen molar-refractivity contribution in [1.82, 2.24) is 4.98 Å². The van der Waals surface area contributed by atoms with Crippen molar-refractivity contribution in [2.24, 2.45) is 16.5 Å². The maximum absolute atomic E-state index is 12.9. The topological polar surface area (TPSA) is 94.4 Å². The van der Waals surface area contributed by atoms with E-state index in [1.54, 1.807) is 12.1 Å². The van der Waals surface area contributed by atoms with Crippen LogP contribution in [0.3, 0.4) is 0 Å². The van der Waals surface area contributed by atoms with E-state index in [0.29, 0.717) is 22.5 Å². The largest absolute Gasteiger partial charge is 0.416 e. The van der Waals surface area contributed by atoms with Crippen LogP contribution < -0.4 is 11.5 Å². The van der Waals surface area contributed by atoms with Crippen molar-refractivity contribution >= 4 is 17.3 Å². The molecule has 0 saturated carbocycles. The van der Waals surface area contributed by atoms with Crippen LogP contribution in [0.25, 0.3) is 5.70 Å². The molecule has 5 nitrogen and oxygen atoms in total. The maximum atomic E-state index is 12.9. The Morgan fingerprint density at radius 2 is 1.88 bits per heavy atom. The molecule has 0 radical (unpaired) electrons. The summed E-state index contributed by atoms with van der Waals surface area (Å²) < 4.78 is 38.8. The Bertz CT molecular complexity index is 916. The highest BCUT2D eigenvalue weighted by molar-refractivity contribution is 6.20. The highest BCUT2D eigenvalue weighted by atomic mass is 19.4. The van der Waals surface area contributed by atoms with Crippen molar-refractivity contribution in [3.05, 3.63) is 70.6 Å². The van der Waals surface area contributed by atoms with Crippen LogP contribution in [-0.4, -0.2) is 23.1 Å². The molecule has 1 aliphatic rings. The van der Waals surface area contributed by atoms with E-state index in [1.165, 1.54) is 18.5 Å². The number of nitrogens with zero attached hydrogens (tertiary/aromatic N) is 2. The van der Waals surface area contributed by atoms with Crippen LogP contribution >= 0.6 is 0 Å². The highest BCUT2D eigenvalue weighted by Gasteiger charge is 2.32. The molecule has 0 atom stereocenters. The van der Waals surface area contributed by atoms with E-state index < -0.39 is 17.6 Å². The number of alkyl halides is 3. The quantitative estimate of drug-likeness (QED) is 0.874. The molecule has 128 valence electrons. The zero-order valence-electron chi connectivity index (χ0n) is 12.8. The predicted molar refractivity (Wildman–Crippen MR) is 86.9 cm³/mol. The molecule has 1 aromatic carbocycles. The van der Waals surface area contributed by atoms with Crippen molar-refractivity contribution in [3.8, 4) is 0 Å². The third kappa shape index (κ3) is 3.10. The van der Waals surface area contributed by atoms with Crippen molar-refractivity contribution < 1.29 is 18.0 Å². The van der Waals surface area contributed by atoms with Gasteiger partial charge >= 0.3 is 6.18 Å². The summed E-state index contributed by atoms with van der Waals surface area (Å²) in [5.41, 5.74) is 12.3. The first-order valence-corrected chi connectivity index (χ1v) is 7.25. The monoisotopic (exact) mass is 346 g/mol. The number of halogens is 3. The fourth-order valence-electron chi connectivity index (χ4n) is 2.62. The minimum Gasteiger partial charge on any atom is -0.398 e. The summed E-state index contributed by atoms with van der Waals surface area (Å²) in [6.07, 6.45) is 0.139. The van der Waals surface area contributed by atoms with E-state index in [0.717, 1.165) is 12.1 Å². The number of amides is 1. The van der Waals surface area contributed by atoms with E-state index >= 15 is 0 Å². The standard InChI is InChI=1S/C17H13F3N4O/c18-17(19,20)9-1-2-10(12(7-9)16(22)25)15-11-3-5-23-8-13(11)14(21)4-6-24-15/h1-5,7-8H,6,21H2,(H2,22,25). The lowest BCUT2D eigenvalue weighted by molar-refractivity contribution is -0.137. The number of hydrogen-bond acceptors (Lipinski definition) is 4. The fraction of sp³-hybridized carbons (Fsp3) is 0.118. The third-order valence-corrected chi connectivity index (χ3v) is 3.82. The van der Waals surface area contributed by atoms with Gasteiger partial charge in [0.1, 0.15) is 0 Å². The molecule has 0 bridgehead atoms. The molecule has 1 amide bonds.